The highest BCUT2D eigenvalue weighted by Gasteiger charge is 2.45. The summed E-state index contributed by atoms with van der Waals surface area (Å²) in [5.74, 6) is -2.65. The molecule has 0 saturated carbocycles. The number of hydrogen-bond donors (Lipinski definition) is 2. The van der Waals surface area contributed by atoms with Gasteiger partial charge in [0.15, 0.2) is 5.13 Å². The van der Waals surface area contributed by atoms with E-state index in [9.17, 15) is 33.6 Å². The summed E-state index contributed by atoms with van der Waals surface area (Å²) in [6.07, 6.45) is 3.55. The molecular formula is C47H44N10O7S. The average Bonchev–Trinajstić information content (AvgIpc) is 4.03. The van der Waals surface area contributed by atoms with Crippen LogP contribution in [-0.4, -0.2) is 136 Å². The molecule has 18 heteroatoms. The number of anilines is 3. The van der Waals surface area contributed by atoms with Crippen LogP contribution in [-0.2, 0) is 25.7 Å². The van der Waals surface area contributed by atoms with Crippen molar-refractivity contribution in [3.05, 3.63) is 125 Å². The maximum atomic E-state index is 13.9. The lowest BCUT2D eigenvalue weighted by Gasteiger charge is -2.39. The molecule has 10 rings (SSSR count). The van der Waals surface area contributed by atoms with Crippen molar-refractivity contribution < 1.29 is 33.6 Å². The van der Waals surface area contributed by atoms with E-state index in [0.29, 0.717) is 80.9 Å². The number of piperidine rings is 1. The van der Waals surface area contributed by atoms with Gasteiger partial charge in [-0.05, 0) is 53.9 Å². The van der Waals surface area contributed by atoms with Gasteiger partial charge in [-0.25, -0.2) is 4.98 Å². The fourth-order valence-electron chi connectivity index (χ4n) is 9.32. The van der Waals surface area contributed by atoms with Crippen molar-refractivity contribution in [2.75, 3.05) is 74.0 Å². The van der Waals surface area contributed by atoms with E-state index in [4.69, 9.17) is 0 Å². The molecule has 5 aliphatic rings. The van der Waals surface area contributed by atoms with Crippen molar-refractivity contribution in [3.63, 3.8) is 0 Å². The molecule has 0 aliphatic carbocycles. The van der Waals surface area contributed by atoms with E-state index in [0.717, 1.165) is 27.4 Å². The molecule has 5 aliphatic heterocycles. The van der Waals surface area contributed by atoms with Crippen LogP contribution >= 0.6 is 11.3 Å². The molecule has 3 saturated heterocycles. The van der Waals surface area contributed by atoms with Crippen molar-refractivity contribution in [1.29, 1.82) is 0 Å². The SMILES string of the molecule is O=C1CCC(N2C(=O)c3ccc(N4CCN(CC(=O)N5CCN(c6ccc(-c7cnc8c(c7)C(=O)N(C(C(=O)Nc7nccs7)c7ccccc7)C8)cc6)CC5)CC4)cc3C2=O)C(=O)N1. The second kappa shape index (κ2) is 17.3. The Morgan fingerprint density at radius 3 is 2.17 bits per heavy atom. The molecule has 7 heterocycles. The molecule has 2 atom stereocenters. The summed E-state index contributed by atoms with van der Waals surface area (Å²) in [4.78, 5) is 111. The van der Waals surface area contributed by atoms with Crippen LogP contribution in [0, 0.1) is 0 Å². The molecule has 17 nitrogen and oxygen atoms in total. The third-order valence-electron chi connectivity index (χ3n) is 12.8. The Hall–Kier alpha value is -7.31. The lowest BCUT2D eigenvalue weighted by atomic mass is 10.0. The number of carbonyl (C=O) groups is 7. The average molecular weight is 893 g/mol. The second-order valence-electron chi connectivity index (χ2n) is 16.6. The van der Waals surface area contributed by atoms with Gasteiger partial charge in [0, 0.05) is 93.5 Å². The molecule has 2 aromatic heterocycles. The number of benzene rings is 3. The Morgan fingerprint density at radius 2 is 1.45 bits per heavy atom. The van der Waals surface area contributed by atoms with Crippen LogP contribution in [0.3, 0.4) is 0 Å². The summed E-state index contributed by atoms with van der Waals surface area (Å²) in [5, 5.41) is 7.32. The maximum Gasteiger partial charge on any atom is 0.262 e. The van der Waals surface area contributed by atoms with Crippen molar-refractivity contribution >= 4 is 69.2 Å². The molecule has 0 spiro atoms. The number of thiazole rings is 1. The summed E-state index contributed by atoms with van der Waals surface area (Å²) < 4.78 is 0. The van der Waals surface area contributed by atoms with E-state index in [-0.39, 0.29) is 48.2 Å². The molecule has 5 aromatic rings. The number of piperazine rings is 2. The van der Waals surface area contributed by atoms with E-state index in [2.05, 4.69) is 35.3 Å². The molecule has 2 N–H and O–H groups in total. The largest absolute Gasteiger partial charge is 0.369 e. The minimum Gasteiger partial charge on any atom is -0.369 e. The number of imide groups is 2. The zero-order valence-corrected chi connectivity index (χ0v) is 36.0. The van der Waals surface area contributed by atoms with Gasteiger partial charge in [-0.2, -0.15) is 0 Å². The topological polar surface area (TPSA) is 189 Å². The number of carbonyl (C=O) groups excluding carboxylic acids is 7. The molecule has 7 amide bonds. The van der Waals surface area contributed by atoms with E-state index in [1.54, 1.807) is 34.8 Å². The molecule has 330 valence electrons. The van der Waals surface area contributed by atoms with Crippen LogP contribution in [0.5, 0.6) is 0 Å². The molecule has 65 heavy (non-hydrogen) atoms. The predicted molar refractivity (Wildman–Crippen MR) is 240 cm³/mol. The highest BCUT2D eigenvalue weighted by Crippen LogP contribution is 2.35. The number of aromatic nitrogens is 2. The number of hydrogen-bond acceptors (Lipinski definition) is 13. The molecule has 3 fully saturated rings. The highest BCUT2D eigenvalue weighted by molar-refractivity contribution is 7.13. The molecule has 3 aromatic carbocycles. The Morgan fingerprint density at radius 1 is 0.738 bits per heavy atom. The summed E-state index contributed by atoms with van der Waals surface area (Å²) in [6.45, 7) is 5.62. The first kappa shape index (κ1) is 41.7. The lowest BCUT2D eigenvalue weighted by Crippen LogP contribution is -2.54. The van der Waals surface area contributed by atoms with Gasteiger partial charge in [0.2, 0.25) is 17.7 Å². The third-order valence-corrected chi connectivity index (χ3v) is 13.5. The number of pyridine rings is 1. The quantitative estimate of drug-likeness (QED) is 0.195. The minimum absolute atomic E-state index is 0.0633. The molecular weight excluding hydrogens is 849 g/mol. The van der Waals surface area contributed by atoms with Crippen LogP contribution in [0.25, 0.3) is 11.1 Å². The highest BCUT2D eigenvalue weighted by atomic mass is 32.1. The fourth-order valence-corrected chi connectivity index (χ4v) is 9.85. The van der Waals surface area contributed by atoms with Crippen molar-refractivity contribution in [3.8, 4) is 11.1 Å². The summed E-state index contributed by atoms with van der Waals surface area (Å²) in [6, 6.07) is 22.5. The van der Waals surface area contributed by atoms with Crippen LogP contribution in [0.4, 0.5) is 16.5 Å². The zero-order chi connectivity index (χ0) is 44.8. The van der Waals surface area contributed by atoms with Gasteiger partial charge in [-0.15, -0.1) is 11.3 Å². The van der Waals surface area contributed by atoms with E-state index in [1.807, 2.05) is 71.6 Å². The molecule has 0 radical (unpaired) electrons. The van der Waals surface area contributed by atoms with Crippen molar-refractivity contribution in [2.24, 2.45) is 0 Å². The molecule has 0 bridgehead atoms. The number of amides is 7. The Kier molecular flexibility index (Phi) is 11.1. The summed E-state index contributed by atoms with van der Waals surface area (Å²) >= 11 is 1.31. The lowest BCUT2D eigenvalue weighted by molar-refractivity contribution is -0.136. The number of rotatable bonds is 10. The van der Waals surface area contributed by atoms with Crippen molar-refractivity contribution in [1.82, 2.24) is 34.9 Å². The maximum absolute atomic E-state index is 13.9. The monoisotopic (exact) mass is 892 g/mol. The number of nitrogens with zero attached hydrogens (tertiary/aromatic N) is 8. The summed E-state index contributed by atoms with van der Waals surface area (Å²) in [7, 11) is 0. The van der Waals surface area contributed by atoms with Crippen LogP contribution in [0.2, 0.25) is 0 Å². The van der Waals surface area contributed by atoms with Gasteiger partial charge in [0.1, 0.15) is 12.1 Å². The third kappa shape index (κ3) is 8.10. The number of fused-ring (bicyclic) bond motifs is 2. The Balaban J connectivity index is 0.711. The van der Waals surface area contributed by atoms with E-state index < -0.39 is 35.7 Å². The fraction of sp³-hybridized carbons (Fsp3) is 0.298. The number of nitrogens with one attached hydrogen (secondary N) is 2. The van der Waals surface area contributed by atoms with Gasteiger partial charge in [0.25, 0.3) is 23.6 Å². The predicted octanol–water partition coefficient (Wildman–Crippen LogP) is 3.41. The van der Waals surface area contributed by atoms with E-state index in [1.165, 1.54) is 11.3 Å². The van der Waals surface area contributed by atoms with E-state index >= 15 is 0 Å². The van der Waals surface area contributed by atoms with Crippen LogP contribution in [0.1, 0.15) is 61.2 Å². The Labute approximate surface area is 377 Å². The zero-order valence-electron chi connectivity index (χ0n) is 35.2. The van der Waals surface area contributed by atoms with Crippen LogP contribution in [0.15, 0.2) is 96.6 Å². The minimum atomic E-state index is -1.01. The van der Waals surface area contributed by atoms with Gasteiger partial charge >= 0.3 is 0 Å². The molecule has 2 unspecified atom stereocenters. The summed E-state index contributed by atoms with van der Waals surface area (Å²) in [5.41, 5.74) is 5.79. The first-order valence-electron chi connectivity index (χ1n) is 21.6. The normalized spacial score (nSPS) is 19.4. The first-order chi connectivity index (χ1) is 31.6. The first-order valence-corrected chi connectivity index (χ1v) is 22.5. The van der Waals surface area contributed by atoms with Gasteiger partial charge in [0.05, 0.1) is 35.5 Å². The van der Waals surface area contributed by atoms with Gasteiger partial charge < -0.3 is 19.6 Å². The Bertz CT molecular complexity index is 2720. The van der Waals surface area contributed by atoms with Crippen molar-refractivity contribution in [2.45, 2.75) is 31.5 Å². The smallest absolute Gasteiger partial charge is 0.262 e. The van der Waals surface area contributed by atoms with Crippen LogP contribution < -0.4 is 20.4 Å². The standard InChI is InChI=1S/C47H44N10O7S/c58-39-13-12-38(42(60)50-39)57-45(63)34-11-10-33(25-35(34)46(57)64)54-17-15-52(16-18-54)28-40(59)55-21-19-53(20-22-55)32-8-6-29(7-9-32)31-24-36-37(49-26-31)27-56(44(36)62)41(30-4-2-1-3-5-30)43(61)51-47-48-14-23-65-47/h1-11,14,23-26,38,41H,12-13,15-22,27-28H2,(H,48,51,61)(H,50,58,60). The van der Waals surface area contributed by atoms with Gasteiger partial charge in [-0.3, -0.25) is 59.0 Å². The van der Waals surface area contributed by atoms with Gasteiger partial charge in [-0.1, -0.05) is 42.5 Å². The second-order valence-corrected chi connectivity index (χ2v) is 17.5.